The monoisotopic (exact) mass is 344 g/mol. The molecule has 1 aliphatic rings. The summed E-state index contributed by atoms with van der Waals surface area (Å²) < 4.78 is 27.6. The number of imide groups is 1. The second-order valence-electron chi connectivity index (χ2n) is 6.23. The minimum atomic E-state index is -1.60. The number of aryl methyl sites for hydroxylation is 1. The molecule has 3 rings (SSSR count). The van der Waals surface area contributed by atoms with Crippen LogP contribution in [0.15, 0.2) is 48.5 Å². The lowest BCUT2D eigenvalue weighted by Crippen LogP contribution is -2.42. The molecule has 1 aliphatic heterocycles. The summed E-state index contributed by atoms with van der Waals surface area (Å²) in [5, 5.41) is 2.49. The van der Waals surface area contributed by atoms with Gasteiger partial charge in [-0.1, -0.05) is 30.3 Å². The summed E-state index contributed by atoms with van der Waals surface area (Å²) in [7, 11) is 0. The normalized spacial score (nSPS) is 20.0. The fourth-order valence-electron chi connectivity index (χ4n) is 3.05. The molecular weight excluding hydrogens is 326 g/mol. The van der Waals surface area contributed by atoms with E-state index in [4.69, 9.17) is 0 Å². The lowest BCUT2D eigenvalue weighted by molar-refractivity contribution is -0.131. The van der Waals surface area contributed by atoms with Gasteiger partial charge in [-0.3, -0.25) is 9.69 Å². The van der Waals surface area contributed by atoms with Gasteiger partial charge in [0.05, 0.1) is 0 Å². The molecule has 3 amide bonds. The molecule has 1 heterocycles. The van der Waals surface area contributed by atoms with Crippen LogP contribution in [0.5, 0.6) is 0 Å². The van der Waals surface area contributed by atoms with Gasteiger partial charge in [-0.2, -0.15) is 0 Å². The maximum atomic E-state index is 14.1. The van der Waals surface area contributed by atoms with E-state index in [1.54, 1.807) is 0 Å². The van der Waals surface area contributed by atoms with Crippen LogP contribution in [0.4, 0.5) is 13.6 Å². The van der Waals surface area contributed by atoms with Gasteiger partial charge >= 0.3 is 6.03 Å². The van der Waals surface area contributed by atoms with Crippen LogP contribution in [-0.4, -0.2) is 23.4 Å². The van der Waals surface area contributed by atoms with Gasteiger partial charge < -0.3 is 5.32 Å². The van der Waals surface area contributed by atoms with Crippen molar-refractivity contribution >= 4 is 11.9 Å². The summed E-state index contributed by atoms with van der Waals surface area (Å²) in [6, 6.07) is 12.0. The molecule has 1 N–H and O–H groups in total. The van der Waals surface area contributed by atoms with Gasteiger partial charge in [0.2, 0.25) is 0 Å². The summed E-state index contributed by atoms with van der Waals surface area (Å²) in [5.74, 6) is -1.97. The van der Waals surface area contributed by atoms with Crippen molar-refractivity contribution in [2.45, 2.75) is 25.3 Å². The van der Waals surface area contributed by atoms with Crippen molar-refractivity contribution in [3.63, 3.8) is 0 Å². The van der Waals surface area contributed by atoms with E-state index in [0.29, 0.717) is 12.8 Å². The highest BCUT2D eigenvalue weighted by Crippen LogP contribution is 2.31. The van der Waals surface area contributed by atoms with Crippen molar-refractivity contribution in [2.24, 2.45) is 0 Å². The molecule has 0 radical (unpaired) electrons. The van der Waals surface area contributed by atoms with Gasteiger partial charge in [0.25, 0.3) is 5.91 Å². The molecule has 2 aromatic rings. The maximum Gasteiger partial charge on any atom is 0.325 e. The molecule has 0 bridgehead atoms. The maximum absolute atomic E-state index is 14.1. The number of rotatable bonds is 5. The number of nitrogens with one attached hydrogen (secondary N) is 1. The van der Waals surface area contributed by atoms with Gasteiger partial charge in [-0.25, -0.2) is 13.6 Å². The Labute approximate surface area is 144 Å². The molecular formula is C19H18F2N2O2. The van der Waals surface area contributed by atoms with E-state index in [-0.39, 0.29) is 12.1 Å². The van der Waals surface area contributed by atoms with E-state index in [0.717, 1.165) is 28.7 Å². The summed E-state index contributed by atoms with van der Waals surface area (Å²) in [6.07, 6.45) is 1.30. The zero-order valence-electron chi connectivity index (χ0n) is 13.8. The molecule has 0 saturated carbocycles. The van der Waals surface area contributed by atoms with Gasteiger partial charge in [0, 0.05) is 12.1 Å². The van der Waals surface area contributed by atoms with Crippen molar-refractivity contribution in [3.8, 4) is 0 Å². The Morgan fingerprint density at radius 2 is 1.80 bits per heavy atom. The average molecular weight is 344 g/mol. The van der Waals surface area contributed by atoms with E-state index < -0.39 is 29.1 Å². The number of nitrogens with zero attached hydrogens (tertiary/aromatic N) is 1. The largest absolute Gasteiger partial charge is 0.325 e. The summed E-state index contributed by atoms with van der Waals surface area (Å²) in [4.78, 5) is 26.0. The zero-order chi connectivity index (χ0) is 18.0. The van der Waals surface area contributed by atoms with Crippen molar-refractivity contribution < 1.29 is 18.4 Å². The first kappa shape index (κ1) is 17.1. The average Bonchev–Trinajstić information content (AvgIpc) is 2.82. The van der Waals surface area contributed by atoms with E-state index in [2.05, 4.69) is 5.32 Å². The van der Waals surface area contributed by atoms with Gasteiger partial charge in [0.1, 0.15) is 17.2 Å². The number of urea groups is 1. The molecule has 130 valence electrons. The van der Waals surface area contributed by atoms with Crippen molar-refractivity contribution in [3.05, 3.63) is 71.3 Å². The van der Waals surface area contributed by atoms with E-state index in [1.165, 1.54) is 6.92 Å². The van der Waals surface area contributed by atoms with Crippen molar-refractivity contribution in [1.29, 1.82) is 0 Å². The number of benzene rings is 2. The van der Waals surface area contributed by atoms with Gasteiger partial charge in [0.15, 0.2) is 0 Å². The van der Waals surface area contributed by atoms with Crippen LogP contribution in [0.1, 0.15) is 24.5 Å². The topological polar surface area (TPSA) is 49.4 Å². The van der Waals surface area contributed by atoms with Crippen LogP contribution in [-0.2, 0) is 16.8 Å². The summed E-state index contributed by atoms with van der Waals surface area (Å²) in [6.45, 7) is 1.61. The third-order valence-corrected chi connectivity index (χ3v) is 4.43. The predicted molar refractivity (Wildman–Crippen MR) is 88.7 cm³/mol. The van der Waals surface area contributed by atoms with Crippen LogP contribution in [0.2, 0.25) is 0 Å². The minimum absolute atomic E-state index is 0.170. The minimum Gasteiger partial charge on any atom is -0.319 e. The molecule has 1 atom stereocenters. The molecule has 0 spiro atoms. The number of hydrogen-bond donors (Lipinski definition) is 1. The standard InChI is InChI=1S/C19H18F2N2O2/c1-19(15-12-14(20)9-10-16(15)21)17(24)23(18(25)22-19)11-5-8-13-6-3-2-4-7-13/h2-4,6-7,9-10,12H,5,8,11H2,1H3,(H,22,25)/t19-/m1/s1. The van der Waals surface area contributed by atoms with Crippen LogP contribution in [0.3, 0.4) is 0 Å². The van der Waals surface area contributed by atoms with Crippen molar-refractivity contribution in [1.82, 2.24) is 10.2 Å². The Morgan fingerprint density at radius 1 is 1.08 bits per heavy atom. The first-order valence-electron chi connectivity index (χ1n) is 8.05. The molecule has 0 aliphatic carbocycles. The Kier molecular flexibility index (Phi) is 4.53. The highest BCUT2D eigenvalue weighted by atomic mass is 19.1. The molecule has 4 nitrogen and oxygen atoms in total. The summed E-state index contributed by atoms with van der Waals surface area (Å²) in [5.41, 5.74) is -0.666. The predicted octanol–water partition coefficient (Wildman–Crippen LogP) is 3.36. The Hall–Kier alpha value is -2.76. The van der Waals surface area contributed by atoms with Crippen LogP contribution in [0.25, 0.3) is 0 Å². The van der Waals surface area contributed by atoms with Crippen LogP contribution < -0.4 is 5.32 Å². The molecule has 1 fully saturated rings. The van der Waals surface area contributed by atoms with Crippen LogP contribution in [0, 0.1) is 11.6 Å². The third kappa shape index (κ3) is 3.24. The highest BCUT2D eigenvalue weighted by Gasteiger charge is 2.50. The molecule has 0 unspecified atom stereocenters. The fourth-order valence-corrected chi connectivity index (χ4v) is 3.05. The molecule has 2 aromatic carbocycles. The van der Waals surface area contributed by atoms with E-state index >= 15 is 0 Å². The summed E-state index contributed by atoms with van der Waals surface area (Å²) >= 11 is 0. The van der Waals surface area contributed by atoms with Gasteiger partial charge in [-0.15, -0.1) is 0 Å². The molecule has 0 aromatic heterocycles. The Balaban J connectivity index is 1.74. The lowest BCUT2D eigenvalue weighted by Gasteiger charge is -2.22. The molecule has 1 saturated heterocycles. The fraction of sp³-hybridized carbons (Fsp3) is 0.263. The highest BCUT2D eigenvalue weighted by molar-refractivity contribution is 6.07. The Morgan fingerprint density at radius 3 is 2.52 bits per heavy atom. The smallest absolute Gasteiger partial charge is 0.319 e. The first-order chi connectivity index (χ1) is 11.9. The second kappa shape index (κ2) is 6.63. The number of hydrogen-bond acceptors (Lipinski definition) is 2. The lowest BCUT2D eigenvalue weighted by atomic mass is 9.91. The van der Waals surface area contributed by atoms with E-state index in [9.17, 15) is 18.4 Å². The zero-order valence-corrected chi connectivity index (χ0v) is 13.8. The van der Waals surface area contributed by atoms with Crippen LogP contribution >= 0.6 is 0 Å². The Bertz CT molecular complexity index is 810. The van der Waals surface area contributed by atoms with Gasteiger partial charge in [-0.05, 0) is 43.5 Å². The number of carbonyl (C=O) groups is 2. The third-order valence-electron chi connectivity index (χ3n) is 4.43. The SMILES string of the molecule is C[C@]1(c2cc(F)ccc2F)NC(=O)N(CCCc2ccccc2)C1=O. The number of carbonyl (C=O) groups excluding carboxylic acids is 2. The molecule has 25 heavy (non-hydrogen) atoms. The van der Waals surface area contributed by atoms with E-state index in [1.807, 2.05) is 30.3 Å². The van der Waals surface area contributed by atoms with Crippen molar-refractivity contribution in [2.75, 3.05) is 6.54 Å². The first-order valence-corrected chi connectivity index (χ1v) is 8.05. The molecule has 6 heteroatoms. The number of halogens is 2. The number of amides is 3. The quantitative estimate of drug-likeness (QED) is 0.846. The second-order valence-corrected chi connectivity index (χ2v) is 6.23.